The molecule has 0 fully saturated rings. The molecule has 2 aromatic heterocycles. The first kappa shape index (κ1) is 20.0. The SMILES string of the molecule is COc1ccc(OC)c(S(=O)(=O)NCC(c2ccco2)n2nc(C)cc2C)c1. The minimum atomic E-state index is -3.87. The highest BCUT2D eigenvalue weighted by atomic mass is 32.2. The van der Waals surface area contributed by atoms with E-state index in [2.05, 4.69) is 9.82 Å². The van der Waals surface area contributed by atoms with Crippen molar-refractivity contribution in [3.8, 4) is 11.5 Å². The fourth-order valence-electron chi connectivity index (χ4n) is 3.01. The van der Waals surface area contributed by atoms with Gasteiger partial charge in [-0.3, -0.25) is 4.68 Å². The van der Waals surface area contributed by atoms with Gasteiger partial charge in [0.2, 0.25) is 10.0 Å². The molecule has 0 amide bonds. The molecule has 1 unspecified atom stereocenters. The third kappa shape index (κ3) is 4.05. The Morgan fingerprint density at radius 3 is 2.54 bits per heavy atom. The Morgan fingerprint density at radius 2 is 1.96 bits per heavy atom. The van der Waals surface area contributed by atoms with Crippen molar-refractivity contribution >= 4 is 10.0 Å². The standard InChI is InChI=1S/C19H23N3O5S/c1-13-10-14(2)22(21-13)16(17-6-5-9-27-17)12-20-28(23,24)19-11-15(25-3)7-8-18(19)26-4/h5-11,16,20H,12H2,1-4H3. The van der Waals surface area contributed by atoms with Gasteiger partial charge >= 0.3 is 0 Å². The number of sulfonamides is 1. The molecule has 0 aliphatic carbocycles. The third-order valence-corrected chi connectivity index (χ3v) is 5.78. The zero-order valence-electron chi connectivity index (χ0n) is 16.2. The van der Waals surface area contributed by atoms with Crippen LogP contribution in [0.15, 0.2) is 52.0 Å². The Kier molecular flexibility index (Phi) is 5.76. The lowest BCUT2D eigenvalue weighted by Crippen LogP contribution is -2.32. The number of hydrogen-bond donors (Lipinski definition) is 1. The minimum absolute atomic E-state index is 0.000845. The van der Waals surface area contributed by atoms with Gasteiger partial charge in [-0.15, -0.1) is 0 Å². The monoisotopic (exact) mass is 405 g/mol. The largest absolute Gasteiger partial charge is 0.497 e. The molecule has 9 heteroatoms. The minimum Gasteiger partial charge on any atom is -0.497 e. The molecule has 28 heavy (non-hydrogen) atoms. The van der Waals surface area contributed by atoms with Crippen LogP contribution in [0.2, 0.25) is 0 Å². The van der Waals surface area contributed by atoms with Crippen molar-refractivity contribution in [1.29, 1.82) is 0 Å². The van der Waals surface area contributed by atoms with Crippen LogP contribution in [-0.2, 0) is 10.0 Å². The summed E-state index contributed by atoms with van der Waals surface area (Å²) in [5.41, 5.74) is 1.74. The quantitative estimate of drug-likeness (QED) is 0.619. The van der Waals surface area contributed by atoms with E-state index in [9.17, 15) is 8.42 Å². The smallest absolute Gasteiger partial charge is 0.244 e. The molecule has 1 N–H and O–H groups in total. The molecule has 3 aromatic rings. The summed E-state index contributed by atoms with van der Waals surface area (Å²) in [6.45, 7) is 3.85. The van der Waals surface area contributed by atoms with E-state index in [1.54, 1.807) is 35.2 Å². The van der Waals surface area contributed by atoms with Gasteiger partial charge in [-0.25, -0.2) is 13.1 Å². The first-order valence-electron chi connectivity index (χ1n) is 8.63. The Hall–Kier alpha value is -2.78. The number of benzene rings is 1. The number of aryl methyl sites for hydroxylation is 2. The predicted molar refractivity (Wildman–Crippen MR) is 103 cm³/mol. The molecule has 1 atom stereocenters. The molecule has 0 bridgehead atoms. The molecule has 3 rings (SSSR count). The van der Waals surface area contributed by atoms with Gasteiger partial charge in [-0.2, -0.15) is 5.10 Å². The van der Waals surface area contributed by atoms with Crippen LogP contribution < -0.4 is 14.2 Å². The molecule has 0 spiro atoms. The van der Waals surface area contributed by atoms with Crippen molar-refractivity contribution in [2.24, 2.45) is 0 Å². The number of furan rings is 1. The van der Waals surface area contributed by atoms with E-state index in [4.69, 9.17) is 13.9 Å². The van der Waals surface area contributed by atoms with Crippen LogP contribution in [0.3, 0.4) is 0 Å². The number of rotatable bonds is 8. The lowest BCUT2D eigenvalue weighted by Gasteiger charge is -2.19. The molecule has 0 radical (unpaired) electrons. The van der Waals surface area contributed by atoms with Gasteiger partial charge < -0.3 is 13.9 Å². The van der Waals surface area contributed by atoms with E-state index in [0.717, 1.165) is 11.4 Å². The summed E-state index contributed by atoms with van der Waals surface area (Å²) in [6, 6.07) is 9.66. The van der Waals surface area contributed by atoms with Crippen molar-refractivity contribution in [2.75, 3.05) is 20.8 Å². The number of methoxy groups -OCH3 is 2. The summed E-state index contributed by atoms with van der Waals surface area (Å²) in [4.78, 5) is 0.000845. The van der Waals surface area contributed by atoms with E-state index in [1.807, 2.05) is 19.9 Å². The second kappa shape index (κ2) is 8.07. The van der Waals surface area contributed by atoms with Gasteiger partial charge in [0.1, 0.15) is 28.2 Å². The number of ether oxygens (including phenoxy) is 2. The molecule has 2 heterocycles. The highest BCUT2D eigenvalue weighted by Gasteiger charge is 2.25. The first-order chi connectivity index (χ1) is 13.4. The Morgan fingerprint density at radius 1 is 1.18 bits per heavy atom. The van der Waals surface area contributed by atoms with Crippen LogP contribution in [-0.4, -0.2) is 39.0 Å². The Bertz CT molecular complexity index is 1040. The number of aromatic nitrogens is 2. The molecule has 0 aliphatic rings. The maximum atomic E-state index is 13.0. The molecule has 8 nitrogen and oxygen atoms in total. The number of nitrogens with zero attached hydrogens (tertiary/aromatic N) is 2. The lowest BCUT2D eigenvalue weighted by molar-refractivity contribution is 0.388. The van der Waals surface area contributed by atoms with E-state index in [1.165, 1.54) is 20.3 Å². The molecule has 0 saturated heterocycles. The van der Waals surface area contributed by atoms with E-state index < -0.39 is 16.1 Å². The van der Waals surface area contributed by atoms with Crippen molar-refractivity contribution in [2.45, 2.75) is 24.8 Å². The highest BCUT2D eigenvalue weighted by molar-refractivity contribution is 7.89. The summed E-state index contributed by atoms with van der Waals surface area (Å²) < 4.78 is 46.2. The van der Waals surface area contributed by atoms with Crippen molar-refractivity contribution in [3.05, 3.63) is 59.8 Å². The average Bonchev–Trinajstić information content (AvgIpc) is 3.31. The molecular formula is C19H23N3O5S. The van der Waals surface area contributed by atoms with Crippen LogP contribution >= 0.6 is 0 Å². The van der Waals surface area contributed by atoms with Crippen LogP contribution in [0.25, 0.3) is 0 Å². The predicted octanol–water partition coefficient (Wildman–Crippen LogP) is 2.68. The van der Waals surface area contributed by atoms with E-state index in [0.29, 0.717) is 11.5 Å². The molecule has 1 aromatic carbocycles. The van der Waals surface area contributed by atoms with Crippen molar-refractivity contribution in [3.63, 3.8) is 0 Å². The van der Waals surface area contributed by atoms with Gasteiger partial charge in [-0.05, 0) is 44.2 Å². The average molecular weight is 405 g/mol. The second-order valence-electron chi connectivity index (χ2n) is 6.27. The lowest BCUT2D eigenvalue weighted by atomic mass is 10.2. The zero-order valence-corrected chi connectivity index (χ0v) is 17.0. The maximum absolute atomic E-state index is 13.0. The van der Waals surface area contributed by atoms with Gasteiger partial charge in [0.15, 0.2) is 0 Å². The Balaban J connectivity index is 1.92. The normalized spacial score (nSPS) is 12.7. The molecule has 0 aliphatic heterocycles. The van der Waals surface area contributed by atoms with Crippen molar-refractivity contribution < 1.29 is 22.3 Å². The van der Waals surface area contributed by atoms with Crippen LogP contribution in [0, 0.1) is 13.8 Å². The summed E-state index contributed by atoms with van der Waals surface area (Å²) in [6.07, 6.45) is 1.55. The van der Waals surface area contributed by atoms with Crippen LogP contribution in [0.4, 0.5) is 0 Å². The third-order valence-electron chi connectivity index (χ3n) is 4.34. The highest BCUT2D eigenvalue weighted by Crippen LogP contribution is 2.28. The van der Waals surface area contributed by atoms with Gasteiger partial charge in [0.25, 0.3) is 0 Å². The maximum Gasteiger partial charge on any atom is 0.244 e. The second-order valence-corrected chi connectivity index (χ2v) is 8.01. The molecule has 150 valence electrons. The summed E-state index contributed by atoms with van der Waals surface area (Å²) in [5, 5.41) is 4.48. The van der Waals surface area contributed by atoms with Gasteiger partial charge in [0.05, 0.1) is 26.2 Å². The summed E-state index contributed by atoms with van der Waals surface area (Å²) in [5.74, 6) is 1.25. The van der Waals surface area contributed by atoms with Crippen LogP contribution in [0.5, 0.6) is 11.5 Å². The number of hydrogen-bond acceptors (Lipinski definition) is 6. The molecule has 0 saturated carbocycles. The Labute approximate surface area is 164 Å². The fourth-order valence-corrected chi connectivity index (χ4v) is 4.23. The topological polar surface area (TPSA) is 95.6 Å². The summed E-state index contributed by atoms with van der Waals surface area (Å²) in [7, 11) is -0.981. The number of nitrogens with one attached hydrogen (secondary N) is 1. The van der Waals surface area contributed by atoms with E-state index >= 15 is 0 Å². The zero-order chi connectivity index (χ0) is 20.3. The van der Waals surface area contributed by atoms with Crippen LogP contribution in [0.1, 0.15) is 23.2 Å². The summed E-state index contributed by atoms with van der Waals surface area (Å²) >= 11 is 0. The van der Waals surface area contributed by atoms with Gasteiger partial charge in [0, 0.05) is 18.3 Å². The molecular weight excluding hydrogens is 382 g/mol. The van der Waals surface area contributed by atoms with E-state index in [-0.39, 0.29) is 17.2 Å². The first-order valence-corrected chi connectivity index (χ1v) is 10.1. The van der Waals surface area contributed by atoms with Gasteiger partial charge in [-0.1, -0.05) is 0 Å². The fraction of sp³-hybridized carbons (Fsp3) is 0.316. The van der Waals surface area contributed by atoms with Crippen molar-refractivity contribution in [1.82, 2.24) is 14.5 Å².